The molecule has 3 fully saturated rings. The fraction of sp³-hybridized carbons (Fsp3) is 0.567. The molecule has 7 nitrogen and oxygen atoms in total. The van der Waals surface area contributed by atoms with Gasteiger partial charge in [-0.1, -0.05) is 54.6 Å². The molecule has 8 heteroatoms. The molecule has 2 unspecified atom stereocenters. The molecule has 2 aromatic rings. The van der Waals surface area contributed by atoms with Crippen LogP contribution in [0.1, 0.15) is 62.1 Å². The first-order valence-corrected chi connectivity index (χ1v) is 15.8. The van der Waals surface area contributed by atoms with Gasteiger partial charge < -0.3 is 14.5 Å². The van der Waals surface area contributed by atoms with Crippen LogP contribution in [0.2, 0.25) is 0 Å². The maximum atomic E-state index is 13.6. The minimum absolute atomic E-state index is 0.0417. The van der Waals surface area contributed by atoms with Crippen molar-refractivity contribution in [3.63, 3.8) is 0 Å². The van der Waals surface area contributed by atoms with Gasteiger partial charge >= 0.3 is 6.09 Å². The first-order valence-electron chi connectivity index (χ1n) is 14.2. The molecule has 1 amide bonds. The minimum atomic E-state index is -3.44. The van der Waals surface area contributed by atoms with Crippen LogP contribution >= 0.6 is 0 Å². The molecular weight excluding hydrogens is 498 g/mol. The van der Waals surface area contributed by atoms with Crippen molar-refractivity contribution in [1.82, 2.24) is 14.1 Å². The van der Waals surface area contributed by atoms with Gasteiger partial charge in [-0.05, 0) is 75.2 Å². The number of nitrogens with zero attached hydrogens (tertiary/aromatic N) is 3. The highest BCUT2D eigenvalue weighted by molar-refractivity contribution is 7.88. The van der Waals surface area contributed by atoms with E-state index >= 15 is 0 Å². The summed E-state index contributed by atoms with van der Waals surface area (Å²) in [7, 11) is -3.44. The summed E-state index contributed by atoms with van der Waals surface area (Å²) in [5.41, 5.74) is 3.16. The van der Waals surface area contributed by atoms with E-state index in [4.69, 9.17) is 4.74 Å². The number of amides is 1. The van der Waals surface area contributed by atoms with E-state index in [-0.39, 0.29) is 29.3 Å². The van der Waals surface area contributed by atoms with E-state index in [1.807, 2.05) is 48.2 Å². The monoisotopic (exact) mass is 537 g/mol. The summed E-state index contributed by atoms with van der Waals surface area (Å²) in [5.74, 6) is 0.0417. The summed E-state index contributed by atoms with van der Waals surface area (Å²) >= 11 is 0. The summed E-state index contributed by atoms with van der Waals surface area (Å²) in [6.45, 7) is 5.22. The third-order valence-electron chi connectivity index (χ3n) is 9.46. The molecule has 6 rings (SSSR count). The molecule has 1 spiro atoms. The quantitative estimate of drug-likeness (QED) is 0.561. The largest absolute Gasteiger partial charge is 0.450 e. The first kappa shape index (κ1) is 25.8. The second-order valence-corrected chi connectivity index (χ2v) is 13.6. The lowest BCUT2D eigenvalue weighted by atomic mass is 9.69. The Morgan fingerprint density at radius 1 is 0.947 bits per heavy atom. The van der Waals surface area contributed by atoms with E-state index in [2.05, 4.69) is 23.1 Å². The standard InChI is InChI=1S/C30H39N3O4S/c1-2-37-29(34)33-25-12-13-26(33)19-27(18-25)31-16-14-30(15-17-31)22-32(20-24-10-6-7-11-28(24)30)38(35,36)21-23-8-4-3-5-9-23/h3-11,25-27H,2,12-22H2,1H3. The van der Waals surface area contributed by atoms with Crippen LogP contribution in [0.5, 0.6) is 0 Å². The van der Waals surface area contributed by atoms with Crippen molar-refractivity contribution in [3.05, 3.63) is 71.3 Å². The van der Waals surface area contributed by atoms with Crippen LogP contribution in [0.15, 0.2) is 54.6 Å². The number of fused-ring (bicyclic) bond motifs is 4. The van der Waals surface area contributed by atoms with Crippen LogP contribution in [0, 0.1) is 0 Å². The van der Waals surface area contributed by atoms with Crippen molar-refractivity contribution in [2.24, 2.45) is 0 Å². The van der Waals surface area contributed by atoms with E-state index in [9.17, 15) is 13.2 Å². The lowest BCUT2D eigenvalue weighted by molar-refractivity contribution is 0.0237. The molecule has 0 N–H and O–H groups in total. The van der Waals surface area contributed by atoms with Gasteiger partial charge in [0.25, 0.3) is 0 Å². The van der Waals surface area contributed by atoms with E-state index in [1.165, 1.54) is 5.56 Å². The second-order valence-electron chi connectivity index (χ2n) is 11.6. The Labute approximate surface area is 226 Å². The van der Waals surface area contributed by atoms with E-state index in [1.54, 1.807) is 4.31 Å². The van der Waals surface area contributed by atoms with Gasteiger partial charge in [0.15, 0.2) is 0 Å². The van der Waals surface area contributed by atoms with Gasteiger partial charge in [-0.3, -0.25) is 0 Å². The number of rotatable bonds is 5. The smallest absolute Gasteiger partial charge is 0.410 e. The first-order chi connectivity index (χ1) is 18.4. The van der Waals surface area contributed by atoms with Crippen molar-refractivity contribution in [2.75, 3.05) is 26.2 Å². The van der Waals surface area contributed by atoms with E-state index < -0.39 is 10.0 Å². The highest BCUT2D eigenvalue weighted by atomic mass is 32.2. The van der Waals surface area contributed by atoms with Gasteiger partial charge in [-0.25, -0.2) is 13.2 Å². The number of hydrogen-bond donors (Lipinski definition) is 0. The van der Waals surface area contributed by atoms with Crippen LogP contribution < -0.4 is 0 Å². The molecule has 0 saturated carbocycles. The molecule has 4 heterocycles. The molecule has 4 aliphatic rings. The summed E-state index contributed by atoms with van der Waals surface area (Å²) in [5, 5.41) is 0. The lowest BCUT2D eigenvalue weighted by Gasteiger charge is -2.51. The predicted octanol–water partition coefficient (Wildman–Crippen LogP) is 4.52. The number of likely N-dealkylation sites (tertiary alicyclic amines) is 1. The van der Waals surface area contributed by atoms with Crippen molar-refractivity contribution >= 4 is 16.1 Å². The van der Waals surface area contributed by atoms with Crippen molar-refractivity contribution < 1.29 is 17.9 Å². The summed E-state index contributed by atoms with van der Waals surface area (Å²) in [6, 6.07) is 19.0. The zero-order valence-electron chi connectivity index (χ0n) is 22.3. The summed E-state index contributed by atoms with van der Waals surface area (Å²) in [6.07, 6.45) is 5.92. The Bertz CT molecular complexity index is 1250. The average Bonchev–Trinajstić information content (AvgIpc) is 3.19. The van der Waals surface area contributed by atoms with Gasteiger partial charge in [0, 0.05) is 36.6 Å². The normalized spacial score (nSPS) is 27.3. The van der Waals surface area contributed by atoms with Crippen LogP contribution in [-0.4, -0.2) is 73.0 Å². The van der Waals surface area contributed by atoms with E-state index in [0.29, 0.717) is 25.7 Å². The van der Waals surface area contributed by atoms with E-state index in [0.717, 1.165) is 62.7 Å². The number of hydrogen-bond acceptors (Lipinski definition) is 5. The summed E-state index contributed by atoms with van der Waals surface area (Å²) < 4.78 is 34.3. The van der Waals surface area contributed by atoms with Gasteiger partial charge in [-0.15, -0.1) is 0 Å². The predicted molar refractivity (Wildman–Crippen MR) is 147 cm³/mol. The number of sulfonamides is 1. The molecule has 4 aliphatic heterocycles. The molecular formula is C30H39N3O4S. The van der Waals surface area contributed by atoms with Crippen molar-refractivity contribution in [2.45, 2.75) is 81.3 Å². The molecule has 2 bridgehead atoms. The SMILES string of the molecule is CCOC(=O)N1C2CCC1CC(N1CCC3(CC1)CN(S(=O)(=O)Cc1ccccc1)Cc1ccccc13)C2. The van der Waals surface area contributed by atoms with Crippen LogP contribution in [0.25, 0.3) is 0 Å². The zero-order chi connectivity index (χ0) is 26.3. The Balaban J connectivity index is 1.17. The van der Waals surface area contributed by atoms with Gasteiger partial charge in [0.2, 0.25) is 10.0 Å². The highest BCUT2D eigenvalue weighted by Crippen LogP contribution is 2.45. The summed E-state index contributed by atoms with van der Waals surface area (Å²) in [4.78, 5) is 17.2. The highest BCUT2D eigenvalue weighted by Gasteiger charge is 2.49. The Morgan fingerprint density at radius 3 is 2.29 bits per heavy atom. The number of ether oxygens (including phenoxy) is 1. The number of piperidine rings is 2. The zero-order valence-corrected chi connectivity index (χ0v) is 23.1. The number of carbonyl (C=O) groups excluding carboxylic acids is 1. The third kappa shape index (κ3) is 4.75. The fourth-order valence-electron chi connectivity index (χ4n) is 7.60. The molecule has 3 saturated heterocycles. The molecule has 204 valence electrons. The topological polar surface area (TPSA) is 70.2 Å². The van der Waals surface area contributed by atoms with Gasteiger partial charge in [0.1, 0.15) is 0 Å². The number of carbonyl (C=O) groups is 1. The van der Waals surface area contributed by atoms with Crippen molar-refractivity contribution in [1.29, 1.82) is 0 Å². The van der Waals surface area contributed by atoms with Crippen molar-refractivity contribution in [3.8, 4) is 0 Å². The fourth-order valence-corrected chi connectivity index (χ4v) is 9.18. The minimum Gasteiger partial charge on any atom is -0.450 e. The molecule has 2 aromatic carbocycles. The Kier molecular flexibility index (Phi) is 6.99. The molecule has 2 atom stereocenters. The maximum Gasteiger partial charge on any atom is 0.410 e. The molecule has 0 radical (unpaired) electrons. The van der Waals surface area contributed by atoms with Gasteiger partial charge in [0.05, 0.1) is 12.4 Å². The maximum absolute atomic E-state index is 13.6. The number of benzene rings is 2. The van der Waals surface area contributed by atoms with Crippen LogP contribution in [0.4, 0.5) is 4.79 Å². The second kappa shape index (κ2) is 10.3. The third-order valence-corrected chi connectivity index (χ3v) is 11.2. The Morgan fingerprint density at radius 2 is 1.61 bits per heavy atom. The molecule has 0 aromatic heterocycles. The van der Waals surface area contributed by atoms with Gasteiger partial charge in [-0.2, -0.15) is 4.31 Å². The average molecular weight is 538 g/mol. The Hall–Kier alpha value is -2.42. The lowest BCUT2D eigenvalue weighted by Crippen LogP contribution is -2.57. The molecule has 38 heavy (non-hydrogen) atoms. The van der Waals surface area contributed by atoms with Crippen LogP contribution in [0.3, 0.4) is 0 Å². The molecule has 0 aliphatic carbocycles. The van der Waals surface area contributed by atoms with Crippen LogP contribution in [-0.2, 0) is 32.5 Å².